The van der Waals surface area contributed by atoms with Crippen LogP contribution in [0.4, 0.5) is 5.69 Å². The van der Waals surface area contributed by atoms with Crippen LogP contribution in [0.2, 0.25) is 0 Å². The first-order valence-electron chi connectivity index (χ1n) is 5.59. The maximum Gasteiger partial charge on any atom is 0.226 e. The van der Waals surface area contributed by atoms with E-state index in [4.69, 9.17) is 15.4 Å². The van der Waals surface area contributed by atoms with Crippen LogP contribution in [0.25, 0.3) is 11.4 Å². The third-order valence-corrected chi connectivity index (χ3v) is 2.41. The van der Waals surface area contributed by atoms with Crippen molar-refractivity contribution < 1.29 is 9.63 Å². The molecule has 2 aromatic rings. The minimum Gasteiger partial charge on any atom is -0.399 e. The Hall–Kier alpha value is -1.88. The van der Waals surface area contributed by atoms with Crippen LogP contribution in [0.1, 0.15) is 18.7 Å². The van der Waals surface area contributed by atoms with E-state index < -0.39 is 0 Å². The largest absolute Gasteiger partial charge is 0.399 e. The molecule has 0 aliphatic carbocycles. The van der Waals surface area contributed by atoms with Gasteiger partial charge in [0, 0.05) is 24.3 Å². The minimum absolute atomic E-state index is 0.191. The lowest BCUT2D eigenvalue weighted by atomic mass is 10.2. The van der Waals surface area contributed by atoms with Gasteiger partial charge in [-0.2, -0.15) is 4.98 Å². The molecule has 0 bridgehead atoms. The third kappa shape index (κ3) is 3.04. The van der Waals surface area contributed by atoms with E-state index in [2.05, 4.69) is 10.1 Å². The van der Waals surface area contributed by atoms with Crippen LogP contribution < -0.4 is 5.73 Å². The highest BCUT2D eigenvalue weighted by Gasteiger charge is 2.08. The van der Waals surface area contributed by atoms with Crippen molar-refractivity contribution in [3.63, 3.8) is 0 Å². The van der Waals surface area contributed by atoms with Crippen LogP contribution in [-0.4, -0.2) is 21.9 Å². The van der Waals surface area contributed by atoms with Crippen LogP contribution in [0, 0.1) is 0 Å². The maximum atomic E-state index is 8.68. The Bertz CT molecular complexity index is 482. The molecule has 0 radical (unpaired) electrons. The molecule has 0 amide bonds. The van der Waals surface area contributed by atoms with Gasteiger partial charge in [0.15, 0.2) is 0 Å². The molecule has 0 unspecified atom stereocenters. The van der Waals surface area contributed by atoms with Crippen LogP contribution in [0.15, 0.2) is 28.8 Å². The van der Waals surface area contributed by atoms with Crippen molar-refractivity contribution in [3.8, 4) is 11.4 Å². The zero-order valence-electron chi connectivity index (χ0n) is 9.47. The molecule has 5 nitrogen and oxygen atoms in total. The van der Waals surface area contributed by atoms with Crippen molar-refractivity contribution in [2.75, 3.05) is 12.3 Å². The van der Waals surface area contributed by atoms with Crippen LogP contribution >= 0.6 is 0 Å². The maximum absolute atomic E-state index is 8.68. The second kappa shape index (κ2) is 5.45. The smallest absolute Gasteiger partial charge is 0.226 e. The van der Waals surface area contributed by atoms with E-state index in [-0.39, 0.29) is 6.61 Å². The standard InChI is InChI=1S/C12H15N3O2/c13-10-5-3-4-9(8-10)12-14-11(17-15-12)6-1-2-7-16/h3-5,8,16H,1-2,6-7,13H2. The first-order chi connectivity index (χ1) is 8.29. The summed E-state index contributed by atoms with van der Waals surface area (Å²) in [5, 5.41) is 12.6. The number of aliphatic hydroxyl groups excluding tert-OH is 1. The van der Waals surface area contributed by atoms with Gasteiger partial charge in [-0.15, -0.1) is 0 Å². The quantitative estimate of drug-likeness (QED) is 0.605. The molecule has 0 saturated carbocycles. The van der Waals surface area contributed by atoms with E-state index in [1.807, 2.05) is 24.3 Å². The van der Waals surface area contributed by atoms with Gasteiger partial charge in [-0.1, -0.05) is 17.3 Å². The number of aromatic nitrogens is 2. The second-order valence-corrected chi connectivity index (χ2v) is 3.82. The number of hydrogen-bond donors (Lipinski definition) is 2. The first kappa shape index (κ1) is 11.6. The Balaban J connectivity index is 2.07. The van der Waals surface area contributed by atoms with Gasteiger partial charge in [-0.25, -0.2) is 0 Å². The summed E-state index contributed by atoms with van der Waals surface area (Å²) in [6.07, 6.45) is 2.28. The van der Waals surface area contributed by atoms with Gasteiger partial charge in [0.2, 0.25) is 11.7 Å². The van der Waals surface area contributed by atoms with Gasteiger partial charge in [0.1, 0.15) is 0 Å². The number of aryl methyl sites for hydroxylation is 1. The molecular formula is C12H15N3O2. The lowest BCUT2D eigenvalue weighted by Crippen LogP contribution is -1.89. The SMILES string of the molecule is Nc1cccc(-c2noc(CCCCO)n2)c1. The van der Waals surface area contributed by atoms with E-state index in [0.29, 0.717) is 23.8 Å². The zero-order chi connectivity index (χ0) is 12.1. The van der Waals surface area contributed by atoms with E-state index in [0.717, 1.165) is 18.4 Å². The fourth-order valence-electron chi connectivity index (χ4n) is 1.54. The van der Waals surface area contributed by atoms with Gasteiger partial charge in [0.25, 0.3) is 0 Å². The topological polar surface area (TPSA) is 85.2 Å². The summed E-state index contributed by atoms with van der Waals surface area (Å²) < 4.78 is 5.12. The summed E-state index contributed by atoms with van der Waals surface area (Å²) in [6.45, 7) is 0.191. The molecule has 3 N–H and O–H groups in total. The number of hydrogen-bond acceptors (Lipinski definition) is 5. The van der Waals surface area contributed by atoms with E-state index >= 15 is 0 Å². The molecule has 17 heavy (non-hydrogen) atoms. The van der Waals surface area contributed by atoms with Crippen molar-refractivity contribution in [1.82, 2.24) is 10.1 Å². The highest BCUT2D eigenvalue weighted by atomic mass is 16.5. The van der Waals surface area contributed by atoms with Crippen LogP contribution in [0.5, 0.6) is 0 Å². The van der Waals surface area contributed by atoms with Crippen molar-refractivity contribution in [2.24, 2.45) is 0 Å². The molecular weight excluding hydrogens is 218 g/mol. The molecule has 1 aromatic heterocycles. The number of nitrogen functional groups attached to an aromatic ring is 1. The molecule has 90 valence electrons. The van der Waals surface area contributed by atoms with Gasteiger partial charge >= 0.3 is 0 Å². The molecule has 2 rings (SSSR count). The van der Waals surface area contributed by atoms with E-state index in [1.165, 1.54) is 0 Å². The number of nitrogens with zero attached hydrogens (tertiary/aromatic N) is 2. The van der Waals surface area contributed by atoms with Gasteiger partial charge in [0.05, 0.1) is 0 Å². The highest BCUT2D eigenvalue weighted by Crippen LogP contribution is 2.18. The minimum atomic E-state index is 0.191. The Labute approximate surface area is 99.3 Å². The summed E-state index contributed by atoms with van der Waals surface area (Å²) in [6, 6.07) is 7.36. The second-order valence-electron chi connectivity index (χ2n) is 3.82. The predicted octanol–water partition coefficient (Wildman–Crippen LogP) is 1.63. The number of aliphatic hydroxyl groups is 1. The van der Waals surface area contributed by atoms with Crippen molar-refractivity contribution in [2.45, 2.75) is 19.3 Å². The summed E-state index contributed by atoms with van der Waals surface area (Å²) in [7, 11) is 0. The first-order valence-corrected chi connectivity index (χ1v) is 5.59. The lowest BCUT2D eigenvalue weighted by Gasteiger charge is -1.95. The predicted molar refractivity (Wildman–Crippen MR) is 64.2 cm³/mol. The monoisotopic (exact) mass is 233 g/mol. The molecule has 0 atom stereocenters. The Morgan fingerprint density at radius 2 is 2.18 bits per heavy atom. The average molecular weight is 233 g/mol. The highest BCUT2D eigenvalue weighted by molar-refractivity contribution is 5.60. The van der Waals surface area contributed by atoms with Crippen molar-refractivity contribution >= 4 is 5.69 Å². The van der Waals surface area contributed by atoms with Gasteiger partial charge in [-0.3, -0.25) is 0 Å². The molecule has 0 aliphatic rings. The Kier molecular flexibility index (Phi) is 3.72. The normalized spacial score (nSPS) is 10.6. The fraction of sp³-hybridized carbons (Fsp3) is 0.333. The molecule has 0 aliphatic heterocycles. The number of unbranched alkanes of at least 4 members (excludes halogenated alkanes) is 1. The summed E-state index contributed by atoms with van der Waals surface area (Å²) in [4.78, 5) is 4.28. The Morgan fingerprint density at radius 1 is 1.29 bits per heavy atom. The number of nitrogens with two attached hydrogens (primary N) is 1. The van der Waals surface area contributed by atoms with Crippen molar-refractivity contribution in [3.05, 3.63) is 30.2 Å². The molecule has 1 aromatic carbocycles. The van der Waals surface area contributed by atoms with Crippen molar-refractivity contribution in [1.29, 1.82) is 0 Å². The molecule has 0 saturated heterocycles. The third-order valence-electron chi connectivity index (χ3n) is 2.41. The fourth-order valence-corrected chi connectivity index (χ4v) is 1.54. The summed E-state index contributed by atoms with van der Waals surface area (Å²) in [5.74, 6) is 1.15. The molecule has 1 heterocycles. The van der Waals surface area contributed by atoms with E-state index in [9.17, 15) is 0 Å². The van der Waals surface area contributed by atoms with Gasteiger partial charge in [-0.05, 0) is 25.0 Å². The summed E-state index contributed by atoms with van der Waals surface area (Å²) in [5.41, 5.74) is 7.21. The molecule has 5 heteroatoms. The average Bonchev–Trinajstić information content (AvgIpc) is 2.78. The number of benzene rings is 1. The Morgan fingerprint density at radius 3 is 2.94 bits per heavy atom. The number of rotatable bonds is 5. The summed E-state index contributed by atoms with van der Waals surface area (Å²) >= 11 is 0. The van der Waals surface area contributed by atoms with Crippen LogP contribution in [0.3, 0.4) is 0 Å². The lowest BCUT2D eigenvalue weighted by molar-refractivity contribution is 0.281. The van der Waals surface area contributed by atoms with Gasteiger partial charge < -0.3 is 15.4 Å². The molecule has 0 spiro atoms. The van der Waals surface area contributed by atoms with E-state index in [1.54, 1.807) is 0 Å². The zero-order valence-corrected chi connectivity index (χ0v) is 9.47. The molecule has 0 fully saturated rings. The van der Waals surface area contributed by atoms with Crippen LogP contribution in [-0.2, 0) is 6.42 Å². The number of anilines is 1.